The van der Waals surface area contributed by atoms with Gasteiger partial charge in [-0.15, -0.1) is 0 Å². The Hall–Kier alpha value is -8.32. The molecule has 0 heterocycles. The maximum atomic E-state index is 2.42. The van der Waals surface area contributed by atoms with Crippen molar-refractivity contribution in [3.63, 3.8) is 0 Å². The van der Waals surface area contributed by atoms with Crippen molar-refractivity contribution in [1.29, 1.82) is 0 Å². The fourth-order valence-corrected chi connectivity index (χ4v) is 9.90. The first-order chi connectivity index (χ1) is 31.7. The number of benzene rings is 12. The molecule has 12 rings (SSSR count). The van der Waals surface area contributed by atoms with Gasteiger partial charge in [-0.3, -0.25) is 0 Å². The lowest BCUT2D eigenvalue weighted by atomic mass is 9.84. The zero-order valence-corrected chi connectivity index (χ0v) is 35.2. The van der Waals surface area contributed by atoms with E-state index in [0.717, 1.165) is 0 Å². The molecule has 64 heavy (non-hydrogen) atoms. The van der Waals surface area contributed by atoms with Crippen LogP contribution in [0.3, 0.4) is 0 Å². The summed E-state index contributed by atoms with van der Waals surface area (Å²) in [5.41, 5.74) is 17.1. The van der Waals surface area contributed by atoms with Gasteiger partial charge in [-0.25, -0.2) is 0 Å². The maximum Gasteiger partial charge on any atom is -0.00261 e. The molecule has 298 valence electrons. The molecule has 0 spiro atoms. The zero-order chi connectivity index (χ0) is 42.4. The van der Waals surface area contributed by atoms with E-state index in [0.29, 0.717) is 0 Å². The number of rotatable bonds is 7. The second kappa shape index (κ2) is 15.9. The van der Waals surface area contributed by atoms with Crippen LogP contribution in [0.4, 0.5) is 0 Å². The highest BCUT2D eigenvalue weighted by Crippen LogP contribution is 2.46. The first-order valence-electron chi connectivity index (χ1n) is 22.2. The highest BCUT2D eigenvalue weighted by molar-refractivity contribution is 6.22. The van der Waals surface area contributed by atoms with Crippen LogP contribution in [0.1, 0.15) is 0 Å². The van der Waals surface area contributed by atoms with Gasteiger partial charge in [0.1, 0.15) is 0 Å². The lowest BCUT2D eigenvalue weighted by Gasteiger charge is -2.19. The van der Waals surface area contributed by atoms with Crippen LogP contribution < -0.4 is 0 Å². The van der Waals surface area contributed by atoms with E-state index >= 15 is 0 Å². The lowest BCUT2D eigenvalue weighted by Crippen LogP contribution is -1.92. The molecule has 0 N–H and O–H groups in total. The minimum absolute atomic E-state index is 1.19. The molecule has 0 nitrogen and oxygen atoms in total. The van der Waals surface area contributed by atoms with E-state index in [9.17, 15) is 0 Å². The molecule has 0 bridgehead atoms. The molecule has 0 saturated heterocycles. The Morgan fingerprint density at radius 2 is 0.516 bits per heavy atom. The molecule has 0 radical (unpaired) electrons. The molecule has 0 aliphatic heterocycles. The van der Waals surface area contributed by atoms with E-state index in [-0.39, 0.29) is 0 Å². The number of fused-ring (bicyclic) bond motifs is 4. The largest absolute Gasteiger partial charge is 0.0622 e. The van der Waals surface area contributed by atoms with Crippen LogP contribution in [0.25, 0.3) is 121 Å². The van der Waals surface area contributed by atoms with Crippen molar-refractivity contribution in [2.45, 2.75) is 0 Å². The lowest BCUT2D eigenvalue weighted by molar-refractivity contribution is 1.60. The highest BCUT2D eigenvalue weighted by atomic mass is 14.2. The van der Waals surface area contributed by atoms with Crippen LogP contribution in [0.15, 0.2) is 255 Å². The van der Waals surface area contributed by atoms with E-state index in [1.165, 1.54) is 121 Å². The molecule has 0 aromatic heterocycles. The summed E-state index contributed by atoms with van der Waals surface area (Å²) in [5, 5.41) is 10.0. The smallest absolute Gasteiger partial charge is 0.00261 e. The zero-order valence-electron chi connectivity index (χ0n) is 35.2. The molecule has 0 heteroatoms. The van der Waals surface area contributed by atoms with Crippen molar-refractivity contribution in [2.75, 3.05) is 0 Å². The minimum atomic E-state index is 1.19. The van der Waals surface area contributed by atoms with Crippen molar-refractivity contribution in [3.05, 3.63) is 255 Å². The van der Waals surface area contributed by atoms with Crippen LogP contribution in [0.5, 0.6) is 0 Å². The van der Waals surface area contributed by atoms with Crippen molar-refractivity contribution >= 4 is 43.1 Å². The van der Waals surface area contributed by atoms with Gasteiger partial charge < -0.3 is 0 Å². The fourth-order valence-electron chi connectivity index (χ4n) is 9.90. The summed E-state index contributed by atoms with van der Waals surface area (Å²) in [5.74, 6) is 0. The first kappa shape index (κ1) is 37.4. The van der Waals surface area contributed by atoms with E-state index in [4.69, 9.17) is 0 Å². The summed E-state index contributed by atoms with van der Waals surface area (Å²) < 4.78 is 0. The molecule has 12 aromatic rings. The van der Waals surface area contributed by atoms with Gasteiger partial charge in [0.25, 0.3) is 0 Å². The molecule has 0 aliphatic rings. The standard InChI is InChI=1S/C64H42/c1-3-13-43(14-4-1)46-25-32-50(33-26-46)63-59-21-11-12-22-60(59)64(51-34-27-47(28-35-51)44-15-5-2-6-16-44)62-42-53(37-38-61(62)63)48-23-30-49(31-24-48)55-39-40-56(58-20-10-9-19-57(55)58)54-36-29-45-17-7-8-18-52(45)41-54/h1-42H. The van der Waals surface area contributed by atoms with Gasteiger partial charge in [0.15, 0.2) is 0 Å². The number of hydrogen-bond donors (Lipinski definition) is 0. The predicted molar refractivity (Wildman–Crippen MR) is 275 cm³/mol. The summed E-state index contributed by atoms with van der Waals surface area (Å²) in [6.07, 6.45) is 0. The molecule has 0 fully saturated rings. The van der Waals surface area contributed by atoms with E-state index < -0.39 is 0 Å². The molecule has 0 atom stereocenters. The molecular weight excluding hydrogens is 769 g/mol. The Kier molecular flexibility index (Phi) is 9.28. The summed E-state index contributed by atoms with van der Waals surface area (Å²) in [6.45, 7) is 0. The molecule has 0 amide bonds. The van der Waals surface area contributed by atoms with Crippen LogP contribution in [-0.2, 0) is 0 Å². The molecule has 12 aromatic carbocycles. The van der Waals surface area contributed by atoms with Crippen LogP contribution >= 0.6 is 0 Å². The van der Waals surface area contributed by atoms with Crippen LogP contribution in [0.2, 0.25) is 0 Å². The van der Waals surface area contributed by atoms with Crippen molar-refractivity contribution < 1.29 is 0 Å². The summed E-state index contributed by atoms with van der Waals surface area (Å²) in [7, 11) is 0. The van der Waals surface area contributed by atoms with Gasteiger partial charge in [-0.1, -0.05) is 243 Å². The van der Waals surface area contributed by atoms with Gasteiger partial charge in [0, 0.05) is 0 Å². The maximum absolute atomic E-state index is 2.42. The van der Waals surface area contributed by atoms with Gasteiger partial charge in [0.2, 0.25) is 0 Å². The third kappa shape index (κ3) is 6.65. The second-order valence-electron chi connectivity index (χ2n) is 16.8. The summed E-state index contributed by atoms with van der Waals surface area (Å²) >= 11 is 0. The van der Waals surface area contributed by atoms with E-state index in [1.807, 2.05) is 0 Å². The Labute approximate surface area is 374 Å². The predicted octanol–water partition coefficient (Wildman–Crippen LogP) is 18.0. The third-order valence-electron chi connectivity index (χ3n) is 13.1. The Morgan fingerprint density at radius 3 is 1.08 bits per heavy atom. The van der Waals surface area contributed by atoms with Gasteiger partial charge in [0.05, 0.1) is 0 Å². The van der Waals surface area contributed by atoms with Gasteiger partial charge in [-0.2, -0.15) is 0 Å². The normalized spacial score (nSPS) is 11.4. The first-order valence-corrected chi connectivity index (χ1v) is 22.2. The van der Waals surface area contributed by atoms with Crippen molar-refractivity contribution in [3.8, 4) is 77.9 Å². The quantitative estimate of drug-likeness (QED) is 0.141. The molecular formula is C64H42. The third-order valence-corrected chi connectivity index (χ3v) is 13.1. The molecule has 0 unspecified atom stereocenters. The SMILES string of the molecule is c1ccc(-c2ccc(-c3c4ccccc4c(-c4ccc(-c5ccccc5)cc4)c4cc(-c5ccc(-c6ccc(-c7ccc8ccccc8c7)c7ccccc67)cc5)ccc34)cc2)cc1. The minimum Gasteiger partial charge on any atom is -0.0622 e. The topological polar surface area (TPSA) is 0 Å². The number of hydrogen-bond acceptors (Lipinski definition) is 0. The summed E-state index contributed by atoms with van der Waals surface area (Å²) in [4.78, 5) is 0. The average molecular weight is 811 g/mol. The Bertz CT molecular complexity index is 3660. The van der Waals surface area contributed by atoms with Crippen molar-refractivity contribution in [2.24, 2.45) is 0 Å². The summed E-state index contributed by atoms with van der Waals surface area (Å²) in [6, 6.07) is 93.5. The second-order valence-corrected chi connectivity index (χ2v) is 16.8. The average Bonchev–Trinajstić information content (AvgIpc) is 3.38. The molecule has 0 aliphatic carbocycles. The highest BCUT2D eigenvalue weighted by Gasteiger charge is 2.18. The van der Waals surface area contributed by atoms with Crippen molar-refractivity contribution in [1.82, 2.24) is 0 Å². The van der Waals surface area contributed by atoms with Gasteiger partial charge >= 0.3 is 0 Å². The Balaban J connectivity index is 0.985. The van der Waals surface area contributed by atoms with Crippen LogP contribution in [0, 0.1) is 0 Å². The van der Waals surface area contributed by atoms with Crippen LogP contribution in [-0.4, -0.2) is 0 Å². The monoisotopic (exact) mass is 810 g/mol. The molecule has 0 saturated carbocycles. The van der Waals surface area contributed by atoms with E-state index in [1.54, 1.807) is 0 Å². The Morgan fingerprint density at radius 1 is 0.156 bits per heavy atom. The fraction of sp³-hybridized carbons (Fsp3) is 0. The van der Waals surface area contributed by atoms with E-state index in [2.05, 4.69) is 255 Å². The van der Waals surface area contributed by atoms with Gasteiger partial charge in [-0.05, 0) is 133 Å².